The fourth-order valence-corrected chi connectivity index (χ4v) is 2.70. The van der Waals surface area contributed by atoms with Crippen LogP contribution in [0.5, 0.6) is 0 Å². The average Bonchev–Trinajstić information content (AvgIpc) is 2.41. The Morgan fingerprint density at radius 1 is 1.32 bits per heavy atom. The second kappa shape index (κ2) is 6.96. The summed E-state index contributed by atoms with van der Waals surface area (Å²) in [4.78, 5) is 0.0895. The zero-order valence-electron chi connectivity index (χ0n) is 11.0. The van der Waals surface area contributed by atoms with Crippen molar-refractivity contribution in [2.45, 2.75) is 38.7 Å². The molecule has 1 aliphatic carbocycles. The highest BCUT2D eigenvalue weighted by atomic mass is 32.1. The Bertz CT molecular complexity index is 444. The van der Waals surface area contributed by atoms with Gasteiger partial charge in [0.15, 0.2) is 0 Å². The van der Waals surface area contributed by atoms with Gasteiger partial charge in [-0.2, -0.15) is 0 Å². The molecule has 2 rings (SSSR count). The SMILES string of the molecule is NC(=S)c1cc(COCC2CCCCC2)ccc1F. The molecule has 0 aromatic heterocycles. The van der Waals surface area contributed by atoms with Crippen LogP contribution in [0.4, 0.5) is 4.39 Å². The standard InChI is InChI=1S/C15H20FNOS/c16-14-7-6-12(8-13(14)15(17)19)10-18-9-11-4-2-1-3-5-11/h6-8,11H,1-5,9-10H2,(H2,17,19). The topological polar surface area (TPSA) is 35.2 Å². The maximum Gasteiger partial charge on any atom is 0.133 e. The van der Waals surface area contributed by atoms with Gasteiger partial charge in [0.25, 0.3) is 0 Å². The van der Waals surface area contributed by atoms with Crippen LogP contribution in [-0.2, 0) is 11.3 Å². The molecule has 104 valence electrons. The predicted molar refractivity (Wildman–Crippen MR) is 78.5 cm³/mol. The molecule has 0 saturated heterocycles. The lowest BCUT2D eigenvalue weighted by Crippen LogP contribution is -2.14. The minimum Gasteiger partial charge on any atom is -0.389 e. The summed E-state index contributed by atoms with van der Waals surface area (Å²) in [6.07, 6.45) is 6.52. The minimum absolute atomic E-state index is 0.0895. The Morgan fingerprint density at radius 3 is 2.74 bits per heavy atom. The summed E-state index contributed by atoms with van der Waals surface area (Å²) in [5, 5.41) is 0. The van der Waals surface area contributed by atoms with Gasteiger partial charge < -0.3 is 10.5 Å². The van der Waals surface area contributed by atoms with Gasteiger partial charge in [-0.05, 0) is 36.5 Å². The number of hydrogen-bond acceptors (Lipinski definition) is 2. The van der Waals surface area contributed by atoms with Gasteiger partial charge >= 0.3 is 0 Å². The summed E-state index contributed by atoms with van der Waals surface area (Å²) in [7, 11) is 0. The van der Waals surface area contributed by atoms with Gasteiger partial charge in [-0.25, -0.2) is 4.39 Å². The largest absolute Gasteiger partial charge is 0.389 e. The van der Waals surface area contributed by atoms with Crippen LogP contribution in [0.1, 0.15) is 43.2 Å². The molecule has 19 heavy (non-hydrogen) atoms. The number of ether oxygens (including phenoxy) is 1. The molecule has 2 N–H and O–H groups in total. The molecule has 0 amide bonds. The van der Waals surface area contributed by atoms with Crippen LogP contribution >= 0.6 is 12.2 Å². The van der Waals surface area contributed by atoms with E-state index < -0.39 is 0 Å². The van der Waals surface area contributed by atoms with E-state index >= 15 is 0 Å². The summed E-state index contributed by atoms with van der Waals surface area (Å²) in [5.74, 6) is 0.313. The Labute approximate surface area is 119 Å². The number of hydrogen-bond donors (Lipinski definition) is 1. The van der Waals surface area contributed by atoms with E-state index in [1.54, 1.807) is 12.1 Å². The molecule has 0 bridgehead atoms. The molecular weight excluding hydrogens is 261 g/mol. The summed E-state index contributed by atoms with van der Waals surface area (Å²) in [6, 6.07) is 4.80. The second-order valence-corrected chi connectivity index (χ2v) is 5.64. The summed E-state index contributed by atoms with van der Waals surface area (Å²) < 4.78 is 19.2. The van der Waals surface area contributed by atoms with Gasteiger partial charge in [-0.15, -0.1) is 0 Å². The van der Waals surface area contributed by atoms with Crippen molar-refractivity contribution in [3.8, 4) is 0 Å². The smallest absolute Gasteiger partial charge is 0.133 e. The molecule has 0 unspecified atom stereocenters. The van der Waals surface area contributed by atoms with Gasteiger partial charge in [-0.3, -0.25) is 0 Å². The van der Waals surface area contributed by atoms with Crippen LogP contribution in [0, 0.1) is 11.7 Å². The fourth-order valence-electron chi connectivity index (χ4n) is 2.55. The molecule has 0 heterocycles. The molecule has 0 spiro atoms. The molecule has 0 aliphatic heterocycles. The van der Waals surface area contributed by atoms with E-state index in [4.69, 9.17) is 22.7 Å². The van der Waals surface area contributed by atoms with Gasteiger partial charge in [0, 0.05) is 12.2 Å². The minimum atomic E-state index is -0.372. The quantitative estimate of drug-likeness (QED) is 0.838. The van der Waals surface area contributed by atoms with Crippen molar-refractivity contribution in [2.75, 3.05) is 6.61 Å². The van der Waals surface area contributed by atoms with Gasteiger partial charge in [-0.1, -0.05) is 37.5 Å². The number of halogens is 1. The molecule has 0 radical (unpaired) electrons. The van der Waals surface area contributed by atoms with Crippen molar-refractivity contribution < 1.29 is 9.13 Å². The van der Waals surface area contributed by atoms with Gasteiger partial charge in [0.05, 0.1) is 6.61 Å². The number of benzene rings is 1. The van der Waals surface area contributed by atoms with E-state index in [0.717, 1.165) is 12.2 Å². The van der Waals surface area contributed by atoms with Crippen molar-refractivity contribution in [3.63, 3.8) is 0 Å². The first-order chi connectivity index (χ1) is 9.16. The van der Waals surface area contributed by atoms with E-state index in [0.29, 0.717) is 18.1 Å². The average molecular weight is 281 g/mol. The molecule has 4 heteroatoms. The first-order valence-corrected chi connectivity index (χ1v) is 7.23. The van der Waals surface area contributed by atoms with Crippen molar-refractivity contribution in [1.82, 2.24) is 0 Å². The van der Waals surface area contributed by atoms with E-state index in [2.05, 4.69) is 0 Å². The number of thiocarbonyl (C=S) groups is 1. The predicted octanol–water partition coefficient (Wildman–Crippen LogP) is 3.56. The second-order valence-electron chi connectivity index (χ2n) is 5.20. The summed E-state index contributed by atoms with van der Waals surface area (Å²) in [6.45, 7) is 1.28. The Hall–Kier alpha value is -1.00. The fraction of sp³-hybridized carbons (Fsp3) is 0.533. The Kier molecular flexibility index (Phi) is 5.28. The first-order valence-electron chi connectivity index (χ1n) is 6.83. The monoisotopic (exact) mass is 281 g/mol. The highest BCUT2D eigenvalue weighted by Crippen LogP contribution is 2.24. The van der Waals surface area contributed by atoms with Crippen LogP contribution in [0.15, 0.2) is 18.2 Å². The van der Waals surface area contributed by atoms with Crippen LogP contribution in [-0.4, -0.2) is 11.6 Å². The van der Waals surface area contributed by atoms with Crippen LogP contribution < -0.4 is 5.73 Å². The number of rotatable bonds is 5. The first kappa shape index (κ1) is 14.4. The zero-order chi connectivity index (χ0) is 13.7. The maximum absolute atomic E-state index is 13.4. The van der Waals surface area contributed by atoms with Crippen LogP contribution in [0.25, 0.3) is 0 Å². The normalized spacial score (nSPS) is 16.5. The number of nitrogens with two attached hydrogens (primary N) is 1. The maximum atomic E-state index is 13.4. The lowest BCUT2D eigenvalue weighted by Gasteiger charge is -2.21. The van der Waals surface area contributed by atoms with Crippen LogP contribution in [0.3, 0.4) is 0 Å². The molecular formula is C15H20FNOS. The van der Waals surface area contributed by atoms with Crippen molar-refractivity contribution >= 4 is 17.2 Å². The highest BCUT2D eigenvalue weighted by Gasteiger charge is 2.13. The molecule has 0 atom stereocenters. The molecule has 1 aromatic carbocycles. The van der Waals surface area contributed by atoms with E-state index in [9.17, 15) is 4.39 Å². The van der Waals surface area contributed by atoms with Crippen molar-refractivity contribution in [2.24, 2.45) is 11.7 Å². The lowest BCUT2D eigenvalue weighted by atomic mass is 9.90. The van der Waals surface area contributed by atoms with E-state index in [1.165, 1.54) is 38.2 Å². The van der Waals surface area contributed by atoms with E-state index in [-0.39, 0.29) is 10.8 Å². The van der Waals surface area contributed by atoms with Crippen molar-refractivity contribution in [1.29, 1.82) is 0 Å². The molecule has 1 saturated carbocycles. The van der Waals surface area contributed by atoms with Gasteiger partial charge in [0.1, 0.15) is 10.8 Å². The molecule has 1 aromatic rings. The lowest BCUT2D eigenvalue weighted by molar-refractivity contribution is 0.0739. The van der Waals surface area contributed by atoms with E-state index in [1.807, 2.05) is 0 Å². The van der Waals surface area contributed by atoms with Crippen molar-refractivity contribution in [3.05, 3.63) is 35.1 Å². The highest BCUT2D eigenvalue weighted by molar-refractivity contribution is 7.80. The third kappa shape index (κ3) is 4.25. The third-order valence-corrected chi connectivity index (χ3v) is 3.86. The van der Waals surface area contributed by atoms with Crippen LogP contribution in [0.2, 0.25) is 0 Å². The summed E-state index contributed by atoms with van der Waals surface area (Å²) >= 11 is 4.82. The molecule has 2 nitrogen and oxygen atoms in total. The summed E-state index contributed by atoms with van der Waals surface area (Å²) in [5.41, 5.74) is 6.70. The third-order valence-electron chi connectivity index (χ3n) is 3.64. The van der Waals surface area contributed by atoms with Gasteiger partial charge in [0.2, 0.25) is 0 Å². The molecule has 1 fully saturated rings. The zero-order valence-corrected chi connectivity index (χ0v) is 11.8. The molecule has 1 aliphatic rings. The Balaban J connectivity index is 1.85. The Morgan fingerprint density at radius 2 is 2.05 bits per heavy atom.